The average Bonchev–Trinajstić information content (AvgIpc) is 1.64. The minimum atomic E-state index is -0.320. The standard InChI is InChI=1S/C5H3BrFN/c6-4-1-5(7)3-8-2-4/h1-3H/i7-1. The van der Waals surface area contributed by atoms with Crippen molar-refractivity contribution in [1.29, 1.82) is 0 Å². The van der Waals surface area contributed by atoms with E-state index in [4.69, 9.17) is 0 Å². The van der Waals surface area contributed by atoms with Gasteiger partial charge in [0, 0.05) is 10.7 Å². The van der Waals surface area contributed by atoms with Crippen LogP contribution in [0.3, 0.4) is 0 Å². The lowest BCUT2D eigenvalue weighted by atomic mass is 10.5. The fourth-order valence-electron chi connectivity index (χ4n) is 0.386. The molecule has 0 atom stereocenters. The molecular formula is C5H3BrFN. The Balaban J connectivity index is 3.08. The van der Waals surface area contributed by atoms with Gasteiger partial charge in [-0.3, -0.25) is 4.98 Å². The molecule has 0 unspecified atom stereocenters. The third kappa shape index (κ3) is 1.26. The highest BCUT2D eigenvalue weighted by molar-refractivity contribution is 9.10. The van der Waals surface area contributed by atoms with Crippen LogP contribution in [0.25, 0.3) is 0 Å². The van der Waals surface area contributed by atoms with Gasteiger partial charge in [0.2, 0.25) is 0 Å². The zero-order valence-corrected chi connectivity index (χ0v) is 5.52. The van der Waals surface area contributed by atoms with Gasteiger partial charge in [-0.25, -0.2) is 4.39 Å². The molecular weight excluding hydrogens is 172 g/mol. The lowest BCUT2D eigenvalue weighted by Gasteiger charge is -1.85. The molecule has 0 aliphatic heterocycles. The van der Waals surface area contributed by atoms with Gasteiger partial charge in [-0.15, -0.1) is 0 Å². The Labute approximate surface area is 54.7 Å². The van der Waals surface area contributed by atoms with Crippen molar-refractivity contribution >= 4 is 15.9 Å². The maximum absolute atomic E-state index is 12.1. The lowest BCUT2D eigenvalue weighted by Crippen LogP contribution is -1.74. The maximum Gasteiger partial charge on any atom is 0.142 e. The third-order valence-corrected chi connectivity index (χ3v) is 1.11. The largest absolute Gasteiger partial charge is 0.260 e. The molecule has 1 rings (SSSR count). The third-order valence-electron chi connectivity index (χ3n) is 0.672. The van der Waals surface area contributed by atoms with Crippen molar-refractivity contribution in [2.24, 2.45) is 0 Å². The van der Waals surface area contributed by atoms with Crippen molar-refractivity contribution in [3.63, 3.8) is 0 Å². The molecule has 0 aliphatic rings. The van der Waals surface area contributed by atoms with E-state index in [1.807, 2.05) is 0 Å². The summed E-state index contributed by atoms with van der Waals surface area (Å²) in [5.74, 6) is -0.320. The molecule has 42 valence electrons. The van der Waals surface area contributed by atoms with Crippen LogP contribution in [-0.4, -0.2) is 4.98 Å². The number of rotatable bonds is 0. The highest BCUT2D eigenvalue weighted by Crippen LogP contribution is 2.06. The quantitative estimate of drug-likeness (QED) is 0.587. The summed E-state index contributed by atoms with van der Waals surface area (Å²) < 4.78 is 12.7. The van der Waals surface area contributed by atoms with Crippen molar-refractivity contribution in [1.82, 2.24) is 4.98 Å². The number of pyridine rings is 1. The topological polar surface area (TPSA) is 12.9 Å². The summed E-state index contributed by atoms with van der Waals surface area (Å²) in [6.07, 6.45) is 2.69. The molecule has 1 aromatic rings. The first-order chi connectivity index (χ1) is 3.79. The fourth-order valence-corrected chi connectivity index (χ4v) is 0.723. The Morgan fingerprint density at radius 2 is 2.25 bits per heavy atom. The van der Waals surface area contributed by atoms with E-state index in [2.05, 4.69) is 20.9 Å². The number of hydrogen-bond donors (Lipinski definition) is 0. The van der Waals surface area contributed by atoms with Crippen molar-refractivity contribution in [2.75, 3.05) is 0 Å². The fraction of sp³-hybridized carbons (Fsp3) is 0. The summed E-state index contributed by atoms with van der Waals surface area (Å²) in [5, 5.41) is 0. The molecule has 0 amide bonds. The molecule has 0 aromatic carbocycles. The smallest absolute Gasteiger partial charge is 0.142 e. The van der Waals surface area contributed by atoms with Crippen LogP contribution in [0.4, 0.5) is 4.39 Å². The summed E-state index contributed by atoms with van der Waals surface area (Å²) in [5.41, 5.74) is 0. The van der Waals surface area contributed by atoms with Crippen LogP contribution in [0.15, 0.2) is 22.9 Å². The zero-order chi connectivity index (χ0) is 5.98. The van der Waals surface area contributed by atoms with Gasteiger partial charge in [0.25, 0.3) is 0 Å². The molecule has 1 nitrogen and oxygen atoms in total. The Bertz CT molecular complexity index is 172. The number of aromatic nitrogens is 1. The number of hydrogen-bond acceptors (Lipinski definition) is 1. The molecule has 1 aromatic heterocycles. The zero-order valence-electron chi connectivity index (χ0n) is 3.94. The molecule has 8 heavy (non-hydrogen) atoms. The van der Waals surface area contributed by atoms with Crippen molar-refractivity contribution in [3.05, 3.63) is 28.7 Å². The van der Waals surface area contributed by atoms with Crippen LogP contribution >= 0.6 is 15.9 Å². The van der Waals surface area contributed by atoms with E-state index >= 15 is 0 Å². The van der Waals surface area contributed by atoms with Gasteiger partial charge in [0.05, 0.1) is 6.20 Å². The van der Waals surface area contributed by atoms with Crippen LogP contribution in [-0.2, 0) is 0 Å². The first-order valence-electron chi connectivity index (χ1n) is 2.05. The molecule has 0 N–H and O–H groups in total. The number of nitrogens with zero attached hydrogens (tertiary/aromatic N) is 1. The van der Waals surface area contributed by atoms with Gasteiger partial charge in [-0.2, -0.15) is 0 Å². The average molecular weight is 175 g/mol. The van der Waals surface area contributed by atoms with Crippen molar-refractivity contribution in [3.8, 4) is 0 Å². The van der Waals surface area contributed by atoms with Crippen LogP contribution in [0.2, 0.25) is 0 Å². The molecule has 0 saturated carbocycles. The summed E-state index contributed by atoms with van der Waals surface area (Å²) in [7, 11) is 0. The Hall–Kier alpha value is -0.440. The molecule has 0 bridgehead atoms. The Kier molecular flexibility index (Phi) is 1.58. The SMILES string of the molecule is [18F]c1cncc(Br)c1. The Morgan fingerprint density at radius 3 is 2.62 bits per heavy atom. The van der Waals surface area contributed by atoms with Crippen molar-refractivity contribution in [2.45, 2.75) is 0 Å². The van der Waals surface area contributed by atoms with E-state index in [9.17, 15) is 4.39 Å². The summed E-state index contributed by atoms with van der Waals surface area (Å²) >= 11 is 3.06. The molecule has 1 heterocycles. The first kappa shape index (κ1) is 5.69. The lowest BCUT2D eigenvalue weighted by molar-refractivity contribution is 0.620. The van der Waals surface area contributed by atoms with E-state index in [1.165, 1.54) is 12.3 Å². The van der Waals surface area contributed by atoms with Crippen LogP contribution in [0.1, 0.15) is 0 Å². The predicted molar refractivity (Wildman–Crippen MR) is 31.9 cm³/mol. The summed E-state index contributed by atoms with van der Waals surface area (Å²) in [6, 6.07) is 1.35. The molecule has 0 spiro atoms. The second kappa shape index (κ2) is 2.22. The van der Waals surface area contributed by atoms with Crippen molar-refractivity contribution < 1.29 is 4.39 Å². The normalized spacial score (nSPS) is 9.25. The van der Waals surface area contributed by atoms with Crippen LogP contribution in [0.5, 0.6) is 0 Å². The second-order valence-corrected chi connectivity index (χ2v) is 2.24. The van der Waals surface area contributed by atoms with E-state index in [0.29, 0.717) is 4.47 Å². The van der Waals surface area contributed by atoms with E-state index in [1.54, 1.807) is 0 Å². The van der Waals surface area contributed by atoms with Gasteiger partial charge < -0.3 is 0 Å². The first-order valence-corrected chi connectivity index (χ1v) is 2.84. The molecule has 0 saturated heterocycles. The van der Waals surface area contributed by atoms with Gasteiger partial charge in [-0.05, 0) is 22.0 Å². The molecule has 0 radical (unpaired) electrons. The van der Waals surface area contributed by atoms with Gasteiger partial charge in [-0.1, -0.05) is 0 Å². The van der Waals surface area contributed by atoms with E-state index < -0.39 is 0 Å². The van der Waals surface area contributed by atoms with Gasteiger partial charge in [0.1, 0.15) is 5.82 Å². The minimum absolute atomic E-state index is 0.320. The molecule has 0 aliphatic carbocycles. The maximum atomic E-state index is 12.1. The molecule has 3 heteroatoms. The van der Waals surface area contributed by atoms with E-state index in [0.717, 1.165) is 6.20 Å². The Morgan fingerprint density at radius 1 is 1.50 bits per heavy atom. The minimum Gasteiger partial charge on any atom is -0.260 e. The second-order valence-electron chi connectivity index (χ2n) is 1.32. The van der Waals surface area contributed by atoms with Crippen LogP contribution < -0.4 is 0 Å². The number of halogens is 2. The molecule has 0 fully saturated rings. The monoisotopic (exact) mass is 174 g/mol. The van der Waals surface area contributed by atoms with Gasteiger partial charge in [0.15, 0.2) is 0 Å². The van der Waals surface area contributed by atoms with E-state index in [-0.39, 0.29) is 5.82 Å². The summed E-state index contributed by atoms with van der Waals surface area (Å²) in [6.45, 7) is 0. The van der Waals surface area contributed by atoms with Gasteiger partial charge >= 0.3 is 0 Å². The van der Waals surface area contributed by atoms with Crippen LogP contribution in [0, 0.1) is 5.82 Å². The highest BCUT2D eigenvalue weighted by Gasteiger charge is 1.87. The summed E-state index contributed by atoms with van der Waals surface area (Å²) in [4.78, 5) is 3.56. The highest BCUT2D eigenvalue weighted by atomic mass is 79.9. The predicted octanol–water partition coefficient (Wildman–Crippen LogP) is 1.98.